The number of hydrogen-bond acceptors (Lipinski definition) is 4. The lowest BCUT2D eigenvalue weighted by Crippen LogP contribution is -2.21. The summed E-state index contributed by atoms with van der Waals surface area (Å²) < 4.78 is 1.67. The first-order valence-electron chi connectivity index (χ1n) is 3.71. The summed E-state index contributed by atoms with van der Waals surface area (Å²) >= 11 is 0. The van der Waals surface area contributed by atoms with E-state index in [0.29, 0.717) is 0 Å². The van der Waals surface area contributed by atoms with E-state index in [4.69, 9.17) is 0 Å². The van der Waals surface area contributed by atoms with Gasteiger partial charge in [0.25, 0.3) is 0 Å². The summed E-state index contributed by atoms with van der Waals surface area (Å²) in [6.45, 7) is 5.02. The molecule has 1 N–H and O–H groups in total. The second kappa shape index (κ2) is 3.43. The molecule has 1 aromatic heterocycles. The molecule has 1 unspecified atom stereocenters. The SMILES string of the molecule is CCNC(C)c1nnnn1C. The Morgan fingerprint density at radius 2 is 2.36 bits per heavy atom. The third-order valence-electron chi connectivity index (χ3n) is 1.55. The summed E-state index contributed by atoms with van der Waals surface area (Å²) in [6, 6.07) is 0.222. The van der Waals surface area contributed by atoms with E-state index in [1.54, 1.807) is 4.68 Å². The predicted molar refractivity (Wildman–Crippen MR) is 40.9 cm³/mol. The fourth-order valence-electron chi connectivity index (χ4n) is 1.00. The van der Waals surface area contributed by atoms with Crippen molar-refractivity contribution < 1.29 is 0 Å². The standard InChI is InChI=1S/C6H13N5/c1-4-7-5(2)6-8-9-10-11(6)3/h5,7H,4H2,1-3H3. The van der Waals surface area contributed by atoms with E-state index < -0.39 is 0 Å². The van der Waals surface area contributed by atoms with Crippen LogP contribution < -0.4 is 5.32 Å². The van der Waals surface area contributed by atoms with Crippen LogP contribution in [0.1, 0.15) is 25.7 Å². The minimum absolute atomic E-state index is 0.222. The van der Waals surface area contributed by atoms with Crippen LogP contribution in [0.2, 0.25) is 0 Å². The maximum Gasteiger partial charge on any atom is 0.167 e. The number of rotatable bonds is 3. The molecule has 0 aromatic carbocycles. The van der Waals surface area contributed by atoms with Crippen LogP contribution in [0.5, 0.6) is 0 Å². The Morgan fingerprint density at radius 1 is 1.64 bits per heavy atom. The number of nitrogens with zero attached hydrogens (tertiary/aromatic N) is 4. The van der Waals surface area contributed by atoms with Gasteiger partial charge in [-0.05, 0) is 23.9 Å². The van der Waals surface area contributed by atoms with Gasteiger partial charge in [0.2, 0.25) is 0 Å². The molecule has 0 bridgehead atoms. The van der Waals surface area contributed by atoms with Gasteiger partial charge in [0.15, 0.2) is 5.82 Å². The molecule has 11 heavy (non-hydrogen) atoms. The zero-order chi connectivity index (χ0) is 8.27. The van der Waals surface area contributed by atoms with Crippen LogP contribution in [0.3, 0.4) is 0 Å². The second-order valence-electron chi connectivity index (χ2n) is 2.44. The molecule has 0 aliphatic carbocycles. The van der Waals surface area contributed by atoms with Crippen LogP contribution >= 0.6 is 0 Å². The minimum Gasteiger partial charge on any atom is -0.308 e. The Hall–Kier alpha value is -0.970. The van der Waals surface area contributed by atoms with Gasteiger partial charge in [-0.25, -0.2) is 4.68 Å². The lowest BCUT2D eigenvalue weighted by Gasteiger charge is -2.08. The molecule has 0 spiro atoms. The highest BCUT2D eigenvalue weighted by Crippen LogP contribution is 2.03. The normalized spacial score (nSPS) is 13.4. The molecule has 0 amide bonds. The number of aryl methyl sites for hydroxylation is 1. The second-order valence-corrected chi connectivity index (χ2v) is 2.44. The summed E-state index contributed by atoms with van der Waals surface area (Å²) in [7, 11) is 1.84. The molecule has 0 radical (unpaired) electrons. The van der Waals surface area contributed by atoms with Gasteiger partial charge in [-0.15, -0.1) is 5.10 Å². The first-order valence-corrected chi connectivity index (χ1v) is 3.71. The lowest BCUT2D eigenvalue weighted by molar-refractivity contribution is 0.533. The number of hydrogen-bond donors (Lipinski definition) is 1. The highest BCUT2D eigenvalue weighted by molar-refractivity contribution is 4.87. The van der Waals surface area contributed by atoms with Gasteiger partial charge < -0.3 is 5.32 Å². The van der Waals surface area contributed by atoms with Crippen molar-refractivity contribution in [3.63, 3.8) is 0 Å². The van der Waals surface area contributed by atoms with Crippen LogP contribution in [0.25, 0.3) is 0 Å². The molecule has 1 atom stereocenters. The highest BCUT2D eigenvalue weighted by Gasteiger charge is 2.09. The molecule has 1 rings (SSSR count). The topological polar surface area (TPSA) is 55.6 Å². The predicted octanol–water partition coefficient (Wildman–Crippen LogP) is -0.119. The third-order valence-corrected chi connectivity index (χ3v) is 1.55. The van der Waals surface area contributed by atoms with Gasteiger partial charge in [0.1, 0.15) is 0 Å². The molecule has 0 aliphatic rings. The van der Waals surface area contributed by atoms with Crippen molar-refractivity contribution >= 4 is 0 Å². The molecular formula is C6H13N5. The molecule has 5 nitrogen and oxygen atoms in total. The van der Waals surface area contributed by atoms with Crippen LogP contribution in [-0.4, -0.2) is 26.8 Å². The largest absolute Gasteiger partial charge is 0.308 e. The molecular weight excluding hydrogens is 142 g/mol. The van der Waals surface area contributed by atoms with E-state index in [-0.39, 0.29) is 6.04 Å². The average Bonchev–Trinajstić information content (AvgIpc) is 2.36. The summed E-state index contributed by atoms with van der Waals surface area (Å²) in [5.41, 5.74) is 0. The zero-order valence-corrected chi connectivity index (χ0v) is 7.07. The van der Waals surface area contributed by atoms with Gasteiger partial charge >= 0.3 is 0 Å². The minimum atomic E-state index is 0.222. The van der Waals surface area contributed by atoms with Crippen LogP contribution in [0.15, 0.2) is 0 Å². The first-order chi connectivity index (χ1) is 5.25. The Labute approximate surface area is 65.8 Å². The Morgan fingerprint density at radius 3 is 2.82 bits per heavy atom. The molecule has 0 saturated heterocycles. The molecule has 0 aliphatic heterocycles. The third kappa shape index (κ3) is 1.74. The van der Waals surface area contributed by atoms with Gasteiger partial charge in [0.05, 0.1) is 6.04 Å². The Balaban J connectivity index is 2.67. The quantitative estimate of drug-likeness (QED) is 0.661. The van der Waals surface area contributed by atoms with E-state index in [9.17, 15) is 0 Å². The van der Waals surface area contributed by atoms with E-state index in [1.165, 1.54) is 0 Å². The monoisotopic (exact) mass is 155 g/mol. The van der Waals surface area contributed by atoms with Crippen molar-refractivity contribution in [1.82, 2.24) is 25.5 Å². The van der Waals surface area contributed by atoms with Crippen molar-refractivity contribution in [3.8, 4) is 0 Å². The van der Waals surface area contributed by atoms with E-state index in [1.807, 2.05) is 14.0 Å². The van der Waals surface area contributed by atoms with E-state index in [2.05, 4.69) is 27.8 Å². The first kappa shape index (κ1) is 8.13. The summed E-state index contributed by atoms with van der Waals surface area (Å²) in [5, 5.41) is 14.4. The average molecular weight is 155 g/mol. The summed E-state index contributed by atoms with van der Waals surface area (Å²) in [4.78, 5) is 0. The van der Waals surface area contributed by atoms with Crippen molar-refractivity contribution in [3.05, 3.63) is 5.82 Å². The summed E-state index contributed by atoms with van der Waals surface area (Å²) in [6.07, 6.45) is 0. The van der Waals surface area contributed by atoms with Gasteiger partial charge in [0, 0.05) is 7.05 Å². The van der Waals surface area contributed by atoms with Crippen LogP contribution in [0.4, 0.5) is 0 Å². The van der Waals surface area contributed by atoms with Crippen LogP contribution in [0, 0.1) is 0 Å². The number of aromatic nitrogens is 4. The van der Waals surface area contributed by atoms with Gasteiger partial charge in [-0.2, -0.15) is 0 Å². The lowest BCUT2D eigenvalue weighted by atomic mass is 10.3. The highest BCUT2D eigenvalue weighted by atomic mass is 15.5. The fraction of sp³-hybridized carbons (Fsp3) is 0.833. The maximum atomic E-state index is 3.87. The smallest absolute Gasteiger partial charge is 0.167 e. The van der Waals surface area contributed by atoms with E-state index >= 15 is 0 Å². The Bertz CT molecular complexity index is 219. The number of tetrazole rings is 1. The number of nitrogens with one attached hydrogen (secondary N) is 1. The molecule has 1 heterocycles. The van der Waals surface area contributed by atoms with Crippen molar-refractivity contribution in [2.75, 3.05) is 6.54 Å². The molecule has 0 fully saturated rings. The fourth-order valence-corrected chi connectivity index (χ4v) is 1.00. The van der Waals surface area contributed by atoms with Crippen molar-refractivity contribution in [1.29, 1.82) is 0 Å². The summed E-state index contributed by atoms with van der Waals surface area (Å²) in [5.74, 6) is 0.867. The molecule has 5 heteroatoms. The molecule has 0 saturated carbocycles. The van der Waals surface area contributed by atoms with Crippen LogP contribution in [-0.2, 0) is 7.05 Å². The molecule has 1 aromatic rings. The zero-order valence-electron chi connectivity index (χ0n) is 7.07. The van der Waals surface area contributed by atoms with Crippen molar-refractivity contribution in [2.24, 2.45) is 7.05 Å². The van der Waals surface area contributed by atoms with Gasteiger partial charge in [-0.3, -0.25) is 0 Å². The molecule has 62 valence electrons. The Kier molecular flexibility index (Phi) is 2.53. The van der Waals surface area contributed by atoms with Gasteiger partial charge in [-0.1, -0.05) is 6.92 Å². The van der Waals surface area contributed by atoms with Crippen molar-refractivity contribution in [2.45, 2.75) is 19.9 Å². The van der Waals surface area contributed by atoms with E-state index in [0.717, 1.165) is 12.4 Å². The maximum absolute atomic E-state index is 3.87.